The molecule has 150 valence electrons. The Hall–Kier alpha value is -2.83. The summed E-state index contributed by atoms with van der Waals surface area (Å²) >= 11 is 1.34. The number of hydrogen-bond acceptors (Lipinski definition) is 5. The summed E-state index contributed by atoms with van der Waals surface area (Å²) in [5.74, 6) is 0.102. The second kappa shape index (κ2) is 9.11. The van der Waals surface area contributed by atoms with Crippen molar-refractivity contribution in [3.63, 3.8) is 0 Å². The zero-order chi connectivity index (χ0) is 21.0. The quantitative estimate of drug-likeness (QED) is 0.550. The van der Waals surface area contributed by atoms with Crippen LogP contribution in [0.4, 0.5) is 5.69 Å². The summed E-state index contributed by atoms with van der Waals surface area (Å²) in [5.41, 5.74) is 4.22. The number of hydrogen-bond donors (Lipinski definition) is 1. The van der Waals surface area contributed by atoms with Crippen molar-refractivity contribution in [2.45, 2.75) is 20.0 Å². The van der Waals surface area contributed by atoms with Gasteiger partial charge in [0.05, 0.1) is 17.2 Å². The van der Waals surface area contributed by atoms with Crippen molar-refractivity contribution in [2.24, 2.45) is 4.99 Å². The fourth-order valence-electron chi connectivity index (χ4n) is 2.98. The van der Waals surface area contributed by atoms with E-state index in [0.29, 0.717) is 22.1 Å². The minimum absolute atomic E-state index is 0.104. The van der Waals surface area contributed by atoms with Crippen LogP contribution in [0.5, 0.6) is 5.75 Å². The van der Waals surface area contributed by atoms with E-state index in [0.717, 1.165) is 22.4 Å². The third-order valence-electron chi connectivity index (χ3n) is 4.51. The van der Waals surface area contributed by atoms with Gasteiger partial charge in [-0.05, 0) is 66.6 Å². The number of phenolic OH excluding ortho intramolecular Hbond substituents is 1. The third-order valence-corrected chi connectivity index (χ3v) is 5.57. The molecule has 29 heavy (non-hydrogen) atoms. The van der Waals surface area contributed by atoms with Gasteiger partial charge in [-0.3, -0.25) is 9.69 Å². The summed E-state index contributed by atoms with van der Waals surface area (Å²) in [6, 6.07) is 11.6. The van der Waals surface area contributed by atoms with E-state index in [-0.39, 0.29) is 18.3 Å². The Labute approximate surface area is 175 Å². The van der Waals surface area contributed by atoms with Gasteiger partial charge in [-0.1, -0.05) is 23.8 Å². The number of nitrogens with zero attached hydrogens (tertiary/aromatic N) is 2. The average molecular weight is 409 g/mol. The lowest BCUT2D eigenvalue weighted by Crippen LogP contribution is -2.23. The number of ether oxygens (including phenoxy) is 1. The van der Waals surface area contributed by atoms with Crippen LogP contribution in [0.3, 0.4) is 0 Å². The minimum atomic E-state index is -0.104. The molecular formula is C23H24N2O3S. The van der Waals surface area contributed by atoms with Gasteiger partial charge >= 0.3 is 0 Å². The van der Waals surface area contributed by atoms with Gasteiger partial charge in [0, 0.05) is 19.7 Å². The van der Waals surface area contributed by atoms with E-state index < -0.39 is 0 Å². The molecule has 2 aromatic carbocycles. The Morgan fingerprint density at radius 2 is 1.93 bits per heavy atom. The van der Waals surface area contributed by atoms with Crippen molar-refractivity contribution in [3.8, 4) is 5.75 Å². The third kappa shape index (κ3) is 4.78. The molecule has 5 nitrogen and oxygen atoms in total. The van der Waals surface area contributed by atoms with Gasteiger partial charge in [0.25, 0.3) is 5.91 Å². The second-order valence-corrected chi connectivity index (χ2v) is 7.83. The molecule has 3 rings (SSSR count). The number of amides is 1. The number of benzene rings is 2. The number of methoxy groups -OCH3 is 1. The Morgan fingerprint density at radius 3 is 2.59 bits per heavy atom. The maximum Gasteiger partial charge on any atom is 0.266 e. The van der Waals surface area contributed by atoms with Gasteiger partial charge in [-0.15, -0.1) is 6.58 Å². The van der Waals surface area contributed by atoms with Gasteiger partial charge in [0.1, 0.15) is 5.75 Å². The van der Waals surface area contributed by atoms with E-state index in [2.05, 4.69) is 11.6 Å². The molecule has 0 unspecified atom stereocenters. The number of carbonyl (C=O) groups is 1. The number of likely N-dealkylation sites (N-methyl/N-ethyl adjacent to an activating group) is 1. The Bertz CT molecular complexity index is 994. The summed E-state index contributed by atoms with van der Waals surface area (Å²) < 4.78 is 5.19. The lowest BCUT2D eigenvalue weighted by atomic mass is 10.0. The van der Waals surface area contributed by atoms with Crippen LogP contribution >= 0.6 is 11.8 Å². The summed E-state index contributed by atoms with van der Waals surface area (Å²) in [6.45, 7) is 6.05. The van der Waals surface area contributed by atoms with Crippen LogP contribution in [0, 0.1) is 6.92 Å². The summed E-state index contributed by atoms with van der Waals surface area (Å²) in [6.07, 6.45) is 4.09. The van der Waals surface area contributed by atoms with E-state index in [1.807, 2.05) is 49.4 Å². The molecule has 1 aliphatic heterocycles. The SMILES string of the molecule is C=CCc1cc(/C=C2/SC(=Nc3ccc(C)cc3)N(C)C2=O)cc(COC)c1O. The van der Waals surface area contributed by atoms with Gasteiger partial charge in [0.15, 0.2) is 5.17 Å². The number of allylic oxidation sites excluding steroid dienone is 1. The van der Waals surface area contributed by atoms with Crippen molar-refractivity contribution in [2.75, 3.05) is 14.2 Å². The van der Waals surface area contributed by atoms with Crippen LogP contribution in [0.2, 0.25) is 0 Å². The predicted molar refractivity (Wildman–Crippen MR) is 119 cm³/mol. The molecule has 0 bridgehead atoms. The molecule has 0 aliphatic carbocycles. The maximum absolute atomic E-state index is 12.7. The van der Waals surface area contributed by atoms with Crippen LogP contribution in [-0.4, -0.2) is 35.2 Å². The molecule has 2 aromatic rings. The van der Waals surface area contributed by atoms with E-state index in [1.165, 1.54) is 11.8 Å². The van der Waals surface area contributed by atoms with Crippen LogP contribution in [-0.2, 0) is 22.6 Å². The lowest BCUT2D eigenvalue weighted by molar-refractivity contribution is -0.121. The molecule has 1 N–H and O–H groups in total. The van der Waals surface area contributed by atoms with Crippen LogP contribution in [0.1, 0.15) is 22.3 Å². The largest absolute Gasteiger partial charge is 0.507 e. The molecule has 1 fully saturated rings. The first-order valence-corrected chi connectivity index (χ1v) is 10.0. The summed E-state index contributed by atoms with van der Waals surface area (Å²) in [7, 11) is 3.30. The number of thioether (sulfide) groups is 1. The smallest absolute Gasteiger partial charge is 0.266 e. The van der Waals surface area contributed by atoms with Crippen molar-refractivity contribution < 1.29 is 14.6 Å². The monoisotopic (exact) mass is 408 g/mol. The predicted octanol–water partition coefficient (Wildman–Crippen LogP) is 4.81. The van der Waals surface area contributed by atoms with Crippen LogP contribution in [0.15, 0.2) is 59.0 Å². The Balaban J connectivity index is 1.94. The molecule has 0 saturated carbocycles. The van der Waals surface area contributed by atoms with Crippen LogP contribution in [0.25, 0.3) is 6.08 Å². The van der Waals surface area contributed by atoms with Gasteiger partial charge in [-0.2, -0.15) is 0 Å². The zero-order valence-corrected chi connectivity index (χ0v) is 17.6. The Kier molecular flexibility index (Phi) is 6.56. The highest BCUT2D eigenvalue weighted by Crippen LogP contribution is 2.34. The van der Waals surface area contributed by atoms with E-state index in [9.17, 15) is 9.90 Å². The molecule has 0 radical (unpaired) electrons. The van der Waals surface area contributed by atoms with E-state index >= 15 is 0 Å². The minimum Gasteiger partial charge on any atom is -0.507 e. The number of rotatable bonds is 6. The van der Waals surface area contributed by atoms with Crippen molar-refractivity contribution >= 4 is 34.6 Å². The van der Waals surface area contributed by atoms with Crippen LogP contribution < -0.4 is 0 Å². The Morgan fingerprint density at radius 1 is 1.24 bits per heavy atom. The number of aryl methyl sites for hydroxylation is 1. The first-order chi connectivity index (χ1) is 13.9. The first-order valence-electron chi connectivity index (χ1n) is 9.20. The first kappa shape index (κ1) is 20.9. The molecule has 1 heterocycles. The molecular weight excluding hydrogens is 384 g/mol. The van der Waals surface area contributed by atoms with Gasteiger partial charge < -0.3 is 9.84 Å². The molecule has 1 amide bonds. The molecule has 1 saturated heterocycles. The number of phenols is 1. The average Bonchev–Trinajstić information content (AvgIpc) is 2.95. The normalized spacial score (nSPS) is 16.8. The highest BCUT2D eigenvalue weighted by atomic mass is 32.2. The standard InChI is InChI=1S/C23H24N2O3S/c1-5-6-17-11-16(12-18(14-28-4)21(17)26)13-20-22(27)25(3)23(29-20)24-19-9-7-15(2)8-10-19/h5,7-13,26H,1,6,14H2,2-4H3/b20-13+,24-23?. The van der Waals surface area contributed by atoms with Crippen molar-refractivity contribution in [3.05, 3.63) is 76.2 Å². The van der Waals surface area contributed by atoms with Crippen molar-refractivity contribution in [1.82, 2.24) is 4.90 Å². The number of amidine groups is 1. The summed E-state index contributed by atoms with van der Waals surface area (Å²) in [4.78, 5) is 19.5. The topological polar surface area (TPSA) is 62.1 Å². The highest BCUT2D eigenvalue weighted by molar-refractivity contribution is 8.18. The molecule has 6 heteroatoms. The summed E-state index contributed by atoms with van der Waals surface area (Å²) in [5, 5.41) is 11.0. The van der Waals surface area contributed by atoms with Crippen molar-refractivity contribution in [1.29, 1.82) is 0 Å². The molecule has 0 spiro atoms. The maximum atomic E-state index is 12.7. The van der Waals surface area contributed by atoms with Gasteiger partial charge in [-0.25, -0.2) is 4.99 Å². The zero-order valence-electron chi connectivity index (χ0n) is 16.8. The molecule has 1 aliphatic rings. The molecule has 0 aromatic heterocycles. The van der Waals surface area contributed by atoms with E-state index in [4.69, 9.17) is 4.74 Å². The second-order valence-electron chi connectivity index (χ2n) is 6.82. The fourth-order valence-corrected chi connectivity index (χ4v) is 3.97. The molecule has 0 atom stereocenters. The lowest BCUT2D eigenvalue weighted by Gasteiger charge is -2.10. The number of aromatic hydroxyl groups is 1. The fraction of sp³-hybridized carbons (Fsp3) is 0.217. The number of carbonyl (C=O) groups excluding carboxylic acids is 1. The highest BCUT2D eigenvalue weighted by Gasteiger charge is 2.30. The van der Waals surface area contributed by atoms with E-state index in [1.54, 1.807) is 25.1 Å². The van der Waals surface area contributed by atoms with Gasteiger partial charge in [0.2, 0.25) is 0 Å². The number of aliphatic imine (C=N–C) groups is 1.